The van der Waals surface area contributed by atoms with E-state index in [0.717, 1.165) is 29.4 Å². The monoisotopic (exact) mass is 326 g/mol. The Hall–Kier alpha value is -0.580. The number of hydrogen-bond donors (Lipinski definition) is 1. The van der Waals surface area contributed by atoms with E-state index in [9.17, 15) is 0 Å². The molecule has 0 amide bonds. The van der Waals surface area contributed by atoms with Crippen LogP contribution in [0.3, 0.4) is 0 Å². The van der Waals surface area contributed by atoms with Crippen molar-refractivity contribution in [2.24, 2.45) is 0 Å². The molecule has 3 nitrogen and oxygen atoms in total. The number of nitrogens with zero attached hydrogens (tertiary/aromatic N) is 1. The van der Waals surface area contributed by atoms with E-state index in [1.54, 1.807) is 0 Å². The molecule has 0 heterocycles. The molecule has 1 saturated carbocycles. The molecule has 19 heavy (non-hydrogen) atoms. The van der Waals surface area contributed by atoms with Crippen molar-refractivity contribution in [1.29, 1.82) is 0 Å². The van der Waals surface area contributed by atoms with Gasteiger partial charge in [-0.05, 0) is 67.5 Å². The molecule has 1 aliphatic carbocycles. The van der Waals surface area contributed by atoms with Crippen molar-refractivity contribution in [2.75, 3.05) is 27.2 Å². The molecule has 0 spiro atoms. The van der Waals surface area contributed by atoms with E-state index in [2.05, 4.69) is 52.3 Å². The lowest BCUT2D eigenvalue weighted by Crippen LogP contribution is -2.26. The highest BCUT2D eigenvalue weighted by Gasteiger charge is 2.25. The smallest absolute Gasteiger partial charge is 0.133 e. The normalized spacial score (nSPS) is 16.7. The molecule has 0 bridgehead atoms. The molecule has 2 rings (SSSR count). The molecular weight excluding hydrogens is 304 g/mol. The Morgan fingerprint density at radius 2 is 2.21 bits per heavy atom. The van der Waals surface area contributed by atoms with Gasteiger partial charge < -0.3 is 15.0 Å². The van der Waals surface area contributed by atoms with Crippen LogP contribution in [0.1, 0.15) is 31.4 Å². The number of likely N-dealkylation sites (N-methyl/N-ethyl adjacent to an activating group) is 1. The Bertz CT molecular complexity index is 421. The fourth-order valence-electron chi connectivity index (χ4n) is 2.07. The average Bonchev–Trinajstić information content (AvgIpc) is 3.23. The van der Waals surface area contributed by atoms with Crippen molar-refractivity contribution in [2.45, 2.75) is 31.8 Å². The number of hydrogen-bond acceptors (Lipinski definition) is 3. The van der Waals surface area contributed by atoms with Gasteiger partial charge >= 0.3 is 0 Å². The number of halogens is 1. The molecule has 1 aromatic carbocycles. The molecule has 106 valence electrons. The van der Waals surface area contributed by atoms with Gasteiger partial charge in [0.05, 0.1) is 4.47 Å². The maximum absolute atomic E-state index is 5.84. The summed E-state index contributed by atoms with van der Waals surface area (Å²) in [7, 11) is 4.14. The first-order chi connectivity index (χ1) is 9.11. The van der Waals surface area contributed by atoms with Crippen LogP contribution in [0.5, 0.6) is 5.75 Å². The highest BCUT2D eigenvalue weighted by molar-refractivity contribution is 9.10. The second-order valence-corrected chi connectivity index (χ2v) is 6.11. The van der Waals surface area contributed by atoms with E-state index in [-0.39, 0.29) is 0 Å². The molecule has 0 saturated heterocycles. The Balaban J connectivity index is 1.86. The topological polar surface area (TPSA) is 24.5 Å². The molecular formula is C15H23BrN2O. The van der Waals surface area contributed by atoms with Gasteiger partial charge in [-0.1, -0.05) is 6.07 Å². The van der Waals surface area contributed by atoms with E-state index < -0.39 is 0 Å². The molecule has 1 fully saturated rings. The summed E-state index contributed by atoms with van der Waals surface area (Å²) in [4.78, 5) is 2.38. The fraction of sp³-hybridized carbons (Fsp3) is 0.600. The van der Waals surface area contributed by atoms with Crippen LogP contribution < -0.4 is 10.1 Å². The second kappa shape index (κ2) is 6.73. The lowest BCUT2D eigenvalue weighted by Gasteiger charge is -2.17. The summed E-state index contributed by atoms with van der Waals surface area (Å²) in [5, 5.41) is 3.24. The minimum atomic E-state index is 0.353. The molecule has 0 aromatic heterocycles. The number of benzene rings is 1. The van der Waals surface area contributed by atoms with Crippen LogP contribution in [0, 0.1) is 0 Å². The van der Waals surface area contributed by atoms with Gasteiger partial charge in [0, 0.05) is 18.6 Å². The molecule has 1 N–H and O–H groups in total. The van der Waals surface area contributed by atoms with Crippen LogP contribution in [0.2, 0.25) is 0 Å². The zero-order valence-electron chi connectivity index (χ0n) is 11.9. The fourth-order valence-corrected chi connectivity index (χ4v) is 2.58. The third-order valence-electron chi connectivity index (χ3n) is 3.76. The summed E-state index contributed by atoms with van der Waals surface area (Å²) in [6, 6.07) is 7.44. The third-order valence-corrected chi connectivity index (χ3v) is 4.38. The molecule has 0 aliphatic heterocycles. The summed E-state index contributed by atoms with van der Waals surface area (Å²) in [5.41, 5.74) is 1.26. The van der Waals surface area contributed by atoms with Gasteiger partial charge in [-0.25, -0.2) is 0 Å². The minimum absolute atomic E-state index is 0.353. The first-order valence-electron chi connectivity index (χ1n) is 6.91. The first kappa shape index (κ1) is 14.8. The van der Waals surface area contributed by atoms with E-state index in [4.69, 9.17) is 4.74 Å². The predicted octanol–water partition coefficient (Wildman–Crippen LogP) is 3.20. The van der Waals surface area contributed by atoms with Gasteiger partial charge in [0.15, 0.2) is 0 Å². The van der Waals surface area contributed by atoms with Crippen molar-refractivity contribution in [3.63, 3.8) is 0 Å². The Morgan fingerprint density at radius 3 is 2.79 bits per heavy atom. The largest absolute Gasteiger partial charge is 0.491 e. The number of rotatable bonds is 7. The van der Waals surface area contributed by atoms with E-state index in [0.29, 0.717) is 6.04 Å². The number of nitrogens with one attached hydrogen (secondary N) is 1. The van der Waals surface area contributed by atoms with Crippen LogP contribution in [-0.4, -0.2) is 38.2 Å². The van der Waals surface area contributed by atoms with Gasteiger partial charge in [-0.15, -0.1) is 0 Å². The summed E-state index contributed by atoms with van der Waals surface area (Å²) in [6.07, 6.45) is 2.69. The van der Waals surface area contributed by atoms with Gasteiger partial charge in [0.25, 0.3) is 0 Å². The van der Waals surface area contributed by atoms with Gasteiger partial charge in [0.1, 0.15) is 12.4 Å². The Morgan fingerprint density at radius 1 is 1.47 bits per heavy atom. The van der Waals surface area contributed by atoms with Crippen LogP contribution in [0.4, 0.5) is 0 Å². The summed E-state index contributed by atoms with van der Waals surface area (Å²) >= 11 is 3.59. The van der Waals surface area contributed by atoms with Gasteiger partial charge in [0.2, 0.25) is 0 Å². The number of ether oxygens (including phenoxy) is 1. The zero-order chi connectivity index (χ0) is 13.8. The summed E-state index contributed by atoms with van der Waals surface area (Å²) in [5.74, 6) is 0.927. The van der Waals surface area contributed by atoms with Gasteiger partial charge in [-0.3, -0.25) is 0 Å². The SMILES string of the molecule is CNC(C)c1ccc(OCCN(C)C2CC2)c(Br)c1. The average molecular weight is 327 g/mol. The van der Waals surface area contributed by atoms with Crippen LogP contribution in [-0.2, 0) is 0 Å². The standard InChI is InChI=1S/C15H23BrN2O/c1-11(17-2)12-4-7-15(14(16)10-12)19-9-8-18(3)13-5-6-13/h4,7,10-11,13,17H,5-6,8-9H2,1-3H3. The maximum Gasteiger partial charge on any atom is 0.133 e. The molecule has 4 heteroatoms. The summed E-state index contributed by atoms with van der Waals surface area (Å²) in [6.45, 7) is 3.88. The molecule has 1 unspecified atom stereocenters. The molecule has 1 aromatic rings. The van der Waals surface area contributed by atoms with Crippen molar-refractivity contribution in [1.82, 2.24) is 10.2 Å². The van der Waals surface area contributed by atoms with Crippen molar-refractivity contribution in [3.8, 4) is 5.75 Å². The first-order valence-corrected chi connectivity index (χ1v) is 7.71. The van der Waals surface area contributed by atoms with E-state index >= 15 is 0 Å². The highest BCUT2D eigenvalue weighted by Crippen LogP contribution is 2.29. The van der Waals surface area contributed by atoms with E-state index in [1.807, 2.05) is 13.1 Å². The maximum atomic E-state index is 5.84. The van der Waals surface area contributed by atoms with Crippen molar-refractivity contribution >= 4 is 15.9 Å². The second-order valence-electron chi connectivity index (χ2n) is 5.26. The van der Waals surface area contributed by atoms with Crippen LogP contribution >= 0.6 is 15.9 Å². The highest BCUT2D eigenvalue weighted by atomic mass is 79.9. The molecule has 1 aliphatic rings. The van der Waals surface area contributed by atoms with E-state index in [1.165, 1.54) is 18.4 Å². The van der Waals surface area contributed by atoms with Crippen LogP contribution in [0.15, 0.2) is 22.7 Å². The Labute approximate surface area is 124 Å². The third kappa shape index (κ3) is 4.20. The van der Waals surface area contributed by atoms with Crippen molar-refractivity contribution < 1.29 is 4.74 Å². The van der Waals surface area contributed by atoms with Gasteiger partial charge in [-0.2, -0.15) is 0 Å². The summed E-state index contributed by atoms with van der Waals surface area (Å²) < 4.78 is 6.87. The lowest BCUT2D eigenvalue weighted by atomic mass is 10.1. The van der Waals surface area contributed by atoms with Crippen molar-refractivity contribution in [3.05, 3.63) is 28.2 Å². The molecule has 0 radical (unpaired) electrons. The molecule has 1 atom stereocenters. The Kier molecular flexibility index (Phi) is 5.25. The lowest BCUT2D eigenvalue weighted by molar-refractivity contribution is 0.231. The minimum Gasteiger partial charge on any atom is -0.491 e. The quantitative estimate of drug-likeness (QED) is 0.832. The zero-order valence-corrected chi connectivity index (χ0v) is 13.5. The predicted molar refractivity (Wildman–Crippen MR) is 82.8 cm³/mol. The van der Waals surface area contributed by atoms with Crippen LogP contribution in [0.25, 0.3) is 0 Å².